The van der Waals surface area contributed by atoms with E-state index in [4.69, 9.17) is 11.5 Å². The van der Waals surface area contributed by atoms with Crippen molar-refractivity contribution in [2.45, 2.75) is 18.1 Å². The summed E-state index contributed by atoms with van der Waals surface area (Å²) in [7, 11) is -3.01. The summed E-state index contributed by atoms with van der Waals surface area (Å²) in [4.78, 5) is 11.3. The van der Waals surface area contributed by atoms with E-state index in [2.05, 4.69) is 5.32 Å². The zero-order valence-electron chi connectivity index (χ0n) is 10.4. The summed E-state index contributed by atoms with van der Waals surface area (Å²) >= 11 is 0. The van der Waals surface area contributed by atoms with Crippen molar-refractivity contribution in [1.29, 1.82) is 0 Å². The topological polar surface area (TPSA) is 115 Å². The van der Waals surface area contributed by atoms with Gasteiger partial charge < -0.3 is 16.8 Å². The maximum atomic E-state index is 11.7. The van der Waals surface area contributed by atoms with Gasteiger partial charge in [0.05, 0.1) is 16.6 Å². The van der Waals surface area contributed by atoms with Gasteiger partial charge in [0, 0.05) is 17.9 Å². The van der Waals surface area contributed by atoms with Crippen LogP contribution in [0.25, 0.3) is 0 Å². The summed E-state index contributed by atoms with van der Waals surface area (Å²) in [6, 6.07) is 4.70. The number of nitrogen functional groups attached to an aromatic ring is 1. The monoisotopic (exact) mass is 283 g/mol. The van der Waals surface area contributed by atoms with E-state index >= 15 is 0 Å². The molecule has 1 unspecified atom stereocenters. The Morgan fingerprint density at radius 3 is 2.74 bits per heavy atom. The average molecular weight is 283 g/mol. The molecule has 1 aliphatic heterocycles. The van der Waals surface area contributed by atoms with Crippen molar-refractivity contribution >= 4 is 27.1 Å². The molecule has 0 saturated carbocycles. The first-order valence-electron chi connectivity index (χ1n) is 6.05. The standard InChI is InChI=1S/C12H17N3O3S/c13-8-3-4-10(12(14)16)11(6-8)15-7-9-2-1-5-19(9,17)18/h3-4,6,9,15H,1-2,5,7,13H2,(H2,14,16). The fraction of sp³-hybridized carbons (Fsp3) is 0.417. The zero-order chi connectivity index (χ0) is 14.0. The van der Waals surface area contributed by atoms with E-state index in [9.17, 15) is 13.2 Å². The van der Waals surface area contributed by atoms with Gasteiger partial charge in [-0.3, -0.25) is 4.79 Å². The largest absolute Gasteiger partial charge is 0.399 e. The Bertz CT molecular complexity index is 598. The molecule has 1 aliphatic rings. The van der Waals surface area contributed by atoms with Gasteiger partial charge in [-0.05, 0) is 31.0 Å². The molecule has 1 heterocycles. The van der Waals surface area contributed by atoms with Crippen molar-refractivity contribution in [2.24, 2.45) is 5.73 Å². The lowest BCUT2D eigenvalue weighted by molar-refractivity contribution is 0.100. The van der Waals surface area contributed by atoms with Gasteiger partial charge in [0.25, 0.3) is 5.91 Å². The summed E-state index contributed by atoms with van der Waals surface area (Å²) < 4.78 is 23.4. The van der Waals surface area contributed by atoms with Crippen molar-refractivity contribution in [1.82, 2.24) is 0 Å². The second-order valence-corrected chi connectivity index (χ2v) is 7.08. The number of carbonyl (C=O) groups excluding carboxylic acids is 1. The molecular weight excluding hydrogens is 266 g/mol. The predicted molar refractivity (Wildman–Crippen MR) is 74.7 cm³/mol. The molecule has 1 fully saturated rings. The van der Waals surface area contributed by atoms with Crippen LogP contribution in [0.2, 0.25) is 0 Å². The van der Waals surface area contributed by atoms with Crippen LogP contribution < -0.4 is 16.8 Å². The van der Waals surface area contributed by atoms with Gasteiger partial charge >= 0.3 is 0 Å². The quantitative estimate of drug-likeness (QED) is 0.690. The third-order valence-corrected chi connectivity index (χ3v) is 5.57. The van der Waals surface area contributed by atoms with Crippen LogP contribution in [0, 0.1) is 0 Å². The lowest BCUT2D eigenvalue weighted by Crippen LogP contribution is -2.26. The molecule has 1 saturated heterocycles. The molecule has 0 aromatic heterocycles. The Kier molecular flexibility index (Phi) is 3.66. The van der Waals surface area contributed by atoms with Crippen LogP contribution in [0.5, 0.6) is 0 Å². The van der Waals surface area contributed by atoms with Gasteiger partial charge in [-0.15, -0.1) is 0 Å². The molecule has 1 amide bonds. The Labute approximate surface area is 112 Å². The number of amides is 1. The van der Waals surface area contributed by atoms with Gasteiger partial charge in [0.1, 0.15) is 0 Å². The Hall–Kier alpha value is -1.76. The number of primary amides is 1. The molecule has 1 aromatic carbocycles. The first kappa shape index (κ1) is 13.7. The average Bonchev–Trinajstić information content (AvgIpc) is 2.65. The van der Waals surface area contributed by atoms with E-state index in [0.29, 0.717) is 29.8 Å². The summed E-state index contributed by atoms with van der Waals surface area (Å²) in [5.74, 6) is -0.337. The maximum absolute atomic E-state index is 11.7. The number of benzene rings is 1. The number of anilines is 2. The van der Waals surface area contributed by atoms with E-state index in [-0.39, 0.29) is 12.3 Å². The minimum atomic E-state index is -3.01. The second kappa shape index (κ2) is 5.08. The van der Waals surface area contributed by atoms with Crippen molar-refractivity contribution in [3.05, 3.63) is 23.8 Å². The van der Waals surface area contributed by atoms with Gasteiger partial charge in [0.15, 0.2) is 9.84 Å². The number of carbonyl (C=O) groups is 1. The number of nitrogens with one attached hydrogen (secondary N) is 1. The molecule has 1 atom stereocenters. The molecule has 104 valence electrons. The molecular formula is C12H17N3O3S. The fourth-order valence-corrected chi connectivity index (χ4v) is 4.00. The van der Waals surface area contributed by atoms with E-state index in [0.717, 1.165) is 0 Å². The van der Waals surface area contributed by atoms with Crippen LogP contribution in [-0.2, 0) is 9.84 Å². The number of hydrogen-bond donors (Lipinski definition) is 3. The lowest BCUT2D eigenvalue weighted by atomic mass is 10.1. The van der Waals surface area contributed by atoms with Gasteiger partial charge in [-0.2, -0.15) is 0 Å². The summed E-state index contributed by atoms with van der Waals surface area (Å²) in [6.07, 6.45) is 1.33. The highest BCUT2D eigenvalue weighted by atomic mass is 32.2. The number of sulfone groups is 1. The number of nitrogens with two attached hydrogens (primary N) is 2. The first-order valence-corrected chi connectivity index (χ1v) is 7.76. The Morgan fingerprint density at radius 1 is 1.42 bits per heavy atom. The summed E-state index contributed by atoms with van der Waals surface area (Å²) in [5, 5.41) is 2.57. The van der Waals surface area contributed by atoms with E-state index in [1.807, 2.05) is 0 Å². The SMILES string of the molecule is NC(=O)c1ccc(N)cc1NCC1CCCS1(=O)=O. The van der Waals surface area contributed by atoms with Gasteiger partial charge in [0.2, 0.25) is 0 Å². The van der Waals surface area contributed by atoms with Crippen molar-refractivity contribution < 1.29 is 13.2 Å². The van der Waals surface area contributed by atoms with E-state index in [1.165, 1.54) is 6.07 Å². The molecule has 2 rings (SSSR count). The molecule has 6 nitrogen and oxygen atoms in total. The molecule has 1 aromatic rings. The van der Waals surface area contributed by atoms with Crippen LogP contribution in [-0.4, -0.2) is 31.9 Å². The molecule has 0 spiro atoms. The Balaban J connectivity index is 2.15. The summed E-state index contributed by atoms with van der Waals surface area (Å²) in [6.45, 7) is 0.270. The number of rotatable bonds is 4. The van der Waals surface area contributed by atoms with Gasteiger partial charge in [-0.1, -0.05) is 0 Å². The molecule has 19 heavy (non-hydrogen) atoms. The third kappa shape index (κ3) is 2.98. The smallest absolute Gasteiger partial charge is 0.250 e. The second-order valence-electron chi connectivity index (χ2n) is 4.68. The van der Waals surface area contributed by atoms with Crippen LogP contribution >= 0.6 is 0 Å². The van der Waals surface area contributed by atoms with Crippen LogP contribution in [0.15, 0.2) is 18.2 Å². The van der Waals surface area contributed by atoms with Crippen LogP contribution in [0.3, 0.4) is 0 Å². The highest BCUT2D eigenvalue weighted by molar-refractivity contribution is 7.92. The molecule has 5 N–H and O–H groups in total. The normalized spacial score (nSPS) is 21.2. The maximum Gasteiger partial charge on any atom is 0.250 e. The minimum Gasteiger partial charge on any atom is -0.399 e. The van der Waals surface area contributed by atoms with Crippen molar-refractivity contribution in [3.63, 3.8) is 0 Å². The van der Waals surface area contributed by atoms with E-state index < -0.39 is 21.0 Å². The predicted octanol–water partition coefficient (Wildman–Crippen LogP) is 0.357. The Morgan fingerprint density at radius 2 is 2.16 bits per heavy atom. The molecule has 0 aliphatic carbocycles. The molecule has 0 radical (unpaired) electrons. The highest BCUT2D eigenvalue weighted by Gasteiger charge is 2.31. The lowest BCUT2D eigenvalue weighted by Gasteiger charge is -2.14. The number of hydrogen-bond acceptors (Lipinski definition) is 5. The van der Waals surface area contributed by atoms with E-state index in [1.54, 1.807) is 12.1 Å². The summed E-state index contributed by atoms with van der Waals surface area (Å²) in [5.41, 5.74) is 12.2. The highest BCUT2D eigenvalue weighted by Crippen LogP contribution is 2.23. The van der Waals surface area contributed by atoms with Crippen molar-refractivity contribution in [2.75, 3.05) is 23.3 Å². The minimum absolute atomic E-state index is 0.235. The zero-order valence-corrected chi connectivity index (χ0v) is 11.2. The van der Waals surface area contributed by atoms with Gasteiger partial charge in [-0.25, -0.2) is 8.42 Å². The first-order chi connectivity index (χ1) is 8.90. The van der Waals surface area contributed by atoms with Crippen LogP contribution in [0.1, 0.15) is 23.2 Å². The van der Waals surface area contributed by atoms with Crippen molar-refractivity contribution in [3.8, 4) is 0 Å². The third-order valence-electron chi connectivity index (χ3n) is 3.29. The molecule has 0 bridgehead atoms. The molecule has 7 heteroatoms. The van der Waals surface area contributed by atoms with Crippen LogP contribution in [0.4, 0.5) is 11.4 Å². The fourth-order valence-electron chi connectivity index (χ4n) is 2.23.